The highest BCUT2D eigenvalue weighted by atomic mass is 16.2. The summed E-state index contributed by atoms with van der Waals surface area (Å²) >= 11 is 0. The van der Waals surface area contributed by atoms with Crippen LogP contribution >= 0.6 is 0 Å². The maximum atomic E-state index is 11.7. The number of nitrogens with zero attached hydrogens (tertiary/aromatic N) is 2. The van der Waals surface area contributed by atoms with E-state index >= 15 is 0 Å². The Balaban J connectivity index is 2.04. The molecular weight excluding hydrogens is 190 g/mol. The summed E-state index contributed by atoms with van der Waals surface area (Å²) in [6.45, 7) is 5.28. The zero-order valence-electron chi connectivity index (χ0n) is 9.03. The molecule has 4 nitrogen and oxygen atoms in total. The Kier molecular flexibility index (Phi) is 2.58. The van der Waals surface area contributed by atoms with Crippen molar-refractivity contribution in [2.75, 3.05) is 0 Å². The van der Waals surface area contributed by atoms with Crippen LogP contribution in [0, 0.1) is 0 Å². The van der Waals surface area contributed by atoms with Gasteiger partial charge >= 0.3 is 6.03 Å². The van der Waals surface area contributed by atoms with Gasteiger partial charge in [0.05, 0.1) is 0 Å². The predicted octanol–water partition coefficient (Wildman–Crippen LogP) is 1.52. The van der Waals surface area contributed by atoms with Gasteiger partial charge in [0.15, 0.2) is 0 Å². The van der Waals surface area contributed by atoms with Gasteiger partial charge in [-0.1, -0.05) is 0 Å². The Labute approximate surface area is 89.3 Å². The first-order valence-electron chi connectivity index (χ1n) is 5.14. The second-order valence-corrected chi connectivity index (χ2v) is 4.10. The zero-order valence-corrected chi connectivity index (χ0v) is 9.03. The summed E-state index contributed by atoms with van der Waals surface area (Å²) in [6.07, 6.45) is 3.60. The van der Waals surface area contributed by atoms with Crippen LogP contribution in [0.2, 0.25) is 0 Å². The molecule has 1 aliphatic heterocycles. The first-order valence-corrected chi connectivity index (χ1v) is 5.14. The molecule has 0 saturated heterocycles. The summed E-state index contributed by atoms with van der Waals surface area (Å²) in [5.74, 6) is 0. The number of hydrogen-bond acceptors (Lipinski definition) is 2. The van der Waals surface area contributed by atoms with E-state index < -0.39 is 0 Å². The average Bonchev–Trinajstić information content (AvgIpc) is 2.59. The predicted molar refractivity (Wildman–Crippen MR) is 57.2 cm³/mol. The van der Waals surface area contributed by atoms with E-state index in [2.05, 4.69) is 10.3 Å². The van der Waals surface area contributed by atoms with Crippen LogP contribution in [0.1, 0.15) is 25.0 Å². The van der Waals surface area contributed by atoms with Gasteiger partial charge in [-0.15, -0.1) is 0 Å². The van der Waals surface area contributed by atoms with Crippen molar-refractivity contribution in [1.82, 2.24) is 15.2 Å². The Morgan fingerprint density at radius 2 is 2.20 bits per heavy atom. The number of urea groups is 1. The maximum Gasteiger partial charge on any atom is 0.318 e. The normalized spacial score (nSPS) is 14.2. The Morgan fingerprint density at radius 1 is 1.47 bits per heavy atom. The molecule has 4 heteroatoms. The second-order valence-electron chi connectivity index (χ2n) is 4.10. The number of fused-ring (bicyclic) bond motifs is 1. The monoisotopic (exact) mass is 205 g/mol. The molecule has 2 rings (SSSR count). The first kappa shape index (κ1) is 9.96. The minimum Gasteiger partial charge on any atom is -0.336 e. The van der Waals surface area contributed by atoms with Gasteiger partial charge in [-0.2, -0.15) is 0 Å². The zero-order chi connectivity index (χ0) is 10.8. The highest BCUT2D eigenvalue weighted by molar-refractivity contribution is 5.75. The Hall–Kier alpha value is -1.58. The lowest BCUT2D eigenvalue weighted by Crippen LogP contribution is -2.40. The van der Waals surface area contributed by atoms with E-state index in [-0.39, 0.29) is 12.1 Å². The minimum absolute atomic E-state index is 0.00111. The molecule has 1 N–H and O–H groups in total. The average molecular weight is 205 g/mol. The summed E-state index contributed by atoms with van der Waals surface area (Å²) in [5, 5.41) is 2.89. The first-order chi connectivity index (χ1) is 7.16. The van der Waals surface area contributed by atoms with E-state index in [1.54, 1.807) is 11.1 Å². The molecule has 1 aromatic heterocycles. The third-order valence-electron chi connectivity index (χ3n) is 2.43. The molecule has 0 atom stereocenters. The SMILES string of the molecule is CC(C)NC(=O)N1Cc2ccncc2C1. The molecule has 2 heterocycles. The fourth-order valence-corrected chi connectivity index (χ4v) is 1.70. The van der Waals surface area contributed by atoms with Crippen molar-refractivity contribution in [3.63, 3.8) is 0 Å². The molecule has 0 radical (unpaired) electrons. The molecule has 0 spiro atoms. The standard InChI is InChI=1S/C11H15N3O/c1-8(2)13-11(15)14-6-9-3-4-12-5-10(9)7-14/h3-5,8H,6-7H2,1-2H3,(H,13,15). The smallest absolute Gasteiger partial charge is 0.318 e. The van der Waals surface area contributed by atoms with E-state index in [1.165, 1.54) is 5.56 Å². The van der Waals surface area contributed by atoms with Crippen molar-refractivity contribution in [1.29, 1.82) is 0 Å². The number of aromatic nitrogens is 1. The topological polar surface area (TPSA) is 45.2 Å². The number of nitrogens with one attached hydrogen (secondary N) is 1. The van der Waals surface area contributed by atoms with Crippen LogP contribution < -0.4 is 5.32 Å². The highest BCUT2D eigenvalue weighted by Crippen LogP contribution is 2.20. The number of pyridine rings is 1. The Bertz CT molecular complexity index is 351. The molecule has 0 saturated carbocycles. The molecular formula is C11H15N3O. The third kappa shape index (κ3) is 2.09. The number of carbonyl (C=O) groups is 1. The lowest BCUT2D eigenvalue weighted by atomic mass is 10.2. The maximum absolute atomic E-state index is 11.7. The van der Waals surface area contributed by atoms with Crippen molar-refractivity contribution in [3.8, 4) is 0 Å². The summed E-state index contributed by atoms with van der Waals surface area (Å²) < 4.78 is 0. The summed E-state index contributed by atoms with van der Waals surface area (Å²) in [7, 11) is 0. The van der Waals surface area contributed by atoms with E-state index in [9.17, 15) is 4.79 Å². The van der Waals surface area contributed by atoms with Crippen LogP contribution in [-0.2, 0) is 13.1 Å². The van der Waals surface area contributed by atoms with Crippen LogP contribution in [0.3, 0.4) is 0 Å². The van der Waals surface area contributed by atoms with Gasteiger partial charge in [0, 0.05) is 31.5 Å². The van der Waals surface area contributed by atoms with E-state index in [4.69, 9.17) is 0 Å². The van der Waals surface area contributed by atoms with Gasteiger partial charge in [0.1, 0.15) is 0 Å². The number of rotatable bonds is 1. The van der Waals surface area contributed by atoms with Gasteiger partial charge in [-0.25, -0.2) is 4.79 Å². The summed E-state index contributed by atoms with van der Waals surface area (Å²) in [4.78, 5) is 17.6. The van der Waals surface area contributed by atoms with Crippen molar-refractivity contribution in [2.24, 2.45) is 0 Å². The Morgan fingerprint density at radius 3 is 2.87 bits per heavy atom. The molecule has 80 valence electrons. The molecule has 0 fully saturated rings. The van der Waals surface area contributed by atoms with Crippen LogP contribution in [-0.4, -0.2) is 22.0 Å². The molecule has 0 aromatic carbocycles. The molecule has 0 unspecified atom stereocenters. The van der Waals surface area contributed by atoms with Crippen molar-refractivity contribution in [2.45, 2.75) is 33.0 Å². The minimum atomic E-state index is 0.00111. The molecule has 0 bridgehead atoms. The van der Waals surface area contributed by atoms with E-state index in [0.717, 1.165) is 5.56 Å². The number of hydrogen-bond donors (Lipinski definition) is 1. The van der Waals surface area contributed by atoms with Gasteiger partial charge in [0.25, 0.3) is 0 Å². The summed E-state index contributed by atoms with van der Waals surface area (Å²) in [6, 6.07) is 2.15. The largest absolute Gasteiger partial charge is 0.336 e. The lowest BCUT2D eigenvalue weighted by molar-refractivity contribution is 0.196. The number of carbonyl (C=O) groups excluding carboxylic acids is 1. The molecule has 0 aliphatic carbocycles. The second kappa shape index (κ2) is 3.88. The summed E-state index contributed by atoms with van der Waals surface area (Å²) in [5.41, 5.74) is 2.35. The van der Waals surface area contributed by atoms with Gasteiger partial charge in [-0.3, -0.25) is 4.98 Å². The van der Waals surface area contributed by atoms with Crippen LogP contribution in [0.5, 0.6) is 0 Å². The fraction of sp³-hybridized carbons (Fsp3) is 0.455. The number of amides is 2. The van der Waals surface area contributed by atoms with Gasteiger partial charge in [-0.05, 0) is 31.0 Å². The van der Waals surface area contributed by atoms with Crippen molar-refractivity contribution < 1.29 is 4.79 Å². The van der Waals surface area contributed by atoms with Crippen molar-refractivity contribution >= 4 is 6.03 Å². The van der Waals surface area contributed by atoms with Gasteiger partial charge in [0.2, 0.25) is 0 Å². The fourth-order valence-electron chi connectivity index (χ4n) is 1.70. The molecule has 1 aliphatic rings. The van der Waals surface area contributed by atoms with Crippen LogP contribution in [0.4, 0.5) is 4.79 Å². The van der Waals surface area contributed by atoms with Crippen molar-refractivity contribution in [3.05, 3.63) is 29.6 Å². The van der Waals surface area contributed by atoms with Crippen LogP contribution in [0.15, 0.2) is 18.5 Å². The molecule has 15 heavy (non-hydrogen) atoms. The van der Waals surface area contributed by atoms with E-state index in [1.807, 2.05) is 26.1 Å². The highest BCUT2D eigenvalue weighted by Gasteiger charge is 2.23. The third-order valence-corrected chi connectivity index (χ3v) is 2.43. The molecule has 2 amide bonds. The van der Waals surface area contributed by atoms with Gasteiger partial charge < -0.3 is 10.2 Å². The molecule has 1 aromatic rings. The quantitative estimate of drug-likeness (QED) is 0.755. The lowest BCUT2D eigenvalue weighted by Gasteiger charge is -2.18. The van der Waals surface area contributed by atoms with E-state index in [0.29, 0.717) is 13.1 Å². The van der Waals surface area contributed by atoms with Crippen LogP contribution in [0.25, 0.3) is 0 Å².